The molecule has 5 heteroatoms. The normalized spacial score (nSPS) is 16.6. The molecule has 1 aliphatic rings. The number of rotatable bonds is 2. The zero-order valence-corrected chi connectivity index (χ0v) is 15.5. The highest BCUT2D eigenvalue weighted by atomic mass is 15.4. The molecule has 1 saturated heterocycles. The zero-order valence-electron chi connectivity index (χ0n) is 15.5. The highest BCUT2D eigenvalue weighted by Crippen LogP contribution is 2.36. The lowest BCUT2D eigenvalue weighted by Gasteiger charge is -2.38. The number of aromatic nitrogens is 3. The molecule has 5 nitrogen and oxygen atoms in total. The summed E-state index contributed by atoms with van der Waals surface area (Å²) < 4.78 is 1.96. The van der Waals surface area contributed by atoms with Gasteiger partial charge in [-0.3, -0.25) is 0 Å². The molecule has 0 N–H and O–H groups in total. The van der Waals surface area contributed by atoms with E-state index in [0.717, 1.165) is 59.9 Å². The predicted octanol–water partition coefficient (Wildman–Crippen LogP) is 3.72. The average molecular weight is 345 g/mol. The maximum absolute atomic E-state index is 9.91. The van der Waals surface area contributed by atoms with Crippen LogP contribution >= 0.6 is 0 Å². The van der Waals surface area contributed by atoms with Crippen LogP contribution in [0.2, 0.25) is 0 Å². The van der Waals surface area contributed by atoms with Crippen LogP contribution in [0.15, 0.2) is 36.4 Å². The van der Waals surface area contributed by atoms with Gasteiger partial charge in [0.25, 0.3) is 0 Å². The summed E-state index contributed by atoms with van der Waals surface area (Å²) in [5, 5.41) is 14.6. The molecule has 2 aromatic heterocycles. The molecule has 1 fully saturated rings. The molecule has 132 valence electrons. The Hall–Kier alpha value is -2.87. The van der Waals surface area contributed by atoms with Crippen LogP contribution in [0.25, 0.3) is 5.65 Å². The SMILES string of the molecule is Cc1cc(N2CCC(C#N)(c3ccccc3)CC2)n2nc(C)c(C)c2n1. The van der Waals surface area contributed by atoms with Gasteiger partial charge >= 0.3 is 0 Å². The number of hydrogen-bond acceptors (Lipinski definition) is 4. The van der Waals surface area contributed by atoms with Crippen molar-refractivity contribution >= 4 is 11.5 Å². The third-order valence-corrected chi connectivity index (χ3v) is 5.65. The first-order chi connectivity index (χ1) is 12.5. The monoisotopic (exact) mass is 345 g/mol. The Labute approximate surface area is 153 Å². The minimum absolute atomic E-state index is 0.394. The number of aryl methyl sites for hydroxylation is 3. The first-order valence-corrected chi connectivity index (χ1v) is 9.09. The van der Waals surface area contributed by atoms with E-state index in [1.807, 2.05) is 36.6 Å². The van der Waals surface area contributed by atoms with Gasteiger partial charge in [-0.25, -0.2) is 4.98 Å². The minimum Gasteiger partial charge on any atom is -0.356 e. The quantitative estimate of drug-likeness (QED) is 0.710. The minimum atomic E-state index is -0.394. The Morgan fingerprint density at radius 1 is 1.08 bits per heavy atom. The standard InChI is InChI=1S/C21H23N5/c1-15-13-19(26-20(23-15)16(2)17(3)24-26)25-11-9-21(14-22,10-12-25)18-7-5-4-6-8-18/h4-8,13H,9-12H2,1-3H3. The highest BCUT2D eigenvalue weighted by molar-refractivity contribution is 5.57. The number of hydrogen-bond donors (Lipinski definition) is 0. The van der Waals surface area contributed by atoms with E-state index in [4.69, 9.17) is 5.10 Å². The molecule has 0 radical (unpaired) electrons. The second kappa shape index (κ2) is 6.14. The fourth-order valence-electron chi connectivity index (χ4n) is 3.90. The van der Waals surface area contributed by atoms with Crippen molar-refractivity contribution in [3.63, 3.8) is 0 Å². The maximum Gasteiger partial charge on any atom is 0.160 e. The number of piperidine rings is 1. The topological polar surface area (TPSA) is 57.2 Å². The van der Waals surface area contributed by atoms with E-state index in [9.17, 15) is 5.26 Å². The van der Waals surface area contributed by atoms with E-state index < -0.39 is 5.41 Å². The van der Waals surface area contributed by atoms with E-state index in [1.54, 1.807) is 0 Å². The van der Waals surface area contributed by atoms with Gasteiger partial charge in [0.1, 0.15) is 5.82 Å². The summed E-state index contributed by atoms with van der Waals surface area (Å²) in [5.74, 6) is 1.07. The predicted molar refractivity (Wildman–Crippen MR) is 102 cm³/mol. The van der Waals surface area contributed by atoms with Crippen LogP contribution in [0, 0.1) is 32.1 Å². The molecular formula is C21H23N5. The fourth-order valence-corrected chi connectivity index (χ4v) is 3.90. The summed E-state index contributed by atoms with van der Waals surface area (Å²) in [7, 11) is 0. The summed E-state index contributed by atoms with van der Waals surface area (Å²) in [4.78, 5) is 7.00. The van der Waals surface area contributed by atoms with Crippen molar-refractivity contribution in [1.82, 2.24) is 14.6 Å². The lowest BCUT2D eigenvalue weighted by molar-refractivity contribution is 0.412. The number of nitrogens with zero attached hydrogens (tertiary/aromatic N) is 5. The van der Waals surface area contributed by atoms with E-state index in [1.165, 1.54) is 0 Å². The average Bonchev–Trinajstić information content (AvgIpc) is 2.96. The lowest BCUT2D eigenvalue weighted by atomic mass is 9.74. The summed E-state index contributed by atoms with van der Waals surface area (Å²) in [5.41, 5.74) is 4.80. The smallest absolute Gasteiger partial charge is 0.160 e. The largest absolute Gasteiger partial charge is 0.356 e. The van der Waals surface area contributed by atoms with Crippen LogP contribution < -0.4 is 4.90 Å². The molecule has 4 rings (SSSR count). The molecule has 0 aliphatic carbocycles. The van der Waals surface area contributed by atoms with Crippen LogP contribution in [0.4, 0.5) is 5.82 Å². The van der Waals surface area contributed by atoms with Crippen LogP contribution in [0.1, 0.15) is 35.4 Å². The third kappa shape index (κ3) is 2.53. The molecule has 3 heterocycles. The van der Waals surface area contributed by atoms with Gasteiger partial charge in [0.2, 0.25) is 0 Å². The molecule has 1 aromatic carbocycles. The van der Waals surface area contributed by atoms with Gasteiger partial charge in [0, 0.05) is 30.4 Å². The fraction of sp³-hybridized carbons (Fsp3) is 0.381. The van der Waals surface area contributed by atoms with Crippen LogP contribution in [-0.2, 0) is 5.41 Å². The first kappa shape index (κ1) is 16.6. The third-order valence-electron chi connectivity index (χ3n) is 5.65. The molecule has 1 aliphatic heterocycles. The lowest BCUT2D eigenvalue weighted by Crippen LogP contribution is -2.42. The van der Waals surface area contributed by atoms with E-state index >= 15 is 0 Å². The number of fused-ring (bicyclic) bond motifs is 1. The van der Waals surface area contributed by atoms with Gasteiger partial charge in [-0.05, 0) is 39.2 Å². The van der Waals surface area contributed by atoms with Gasteiger partial charge < -0.3 is 4.90 Å². The van der Waals surface area contributed by atoms with Crippen molar-refractivity contribution in [2.45, 2.75) is 39.0 Å². The summed E-state index contributed by atoms with van der Waals surface area (Å²) in [6.45, 7) is 7.78. The van der Waals surface area contributed by atoms with E-state index in [2.05, 4.69) is 41.1 Å². The van der Waals surface area contributed by atoms with Gasteiger partial charge in [-0.2, -0.15) is 14.9 Å². The second-order valence-electron chi connectivity index (χ2n) is 7.25. The maximum atomic E-state index is 9.91. The van der Waals surface area contributed by atoms with Crippen molar-refractivity contribution in [1.29, 1.82) is 5.26 Å². The molecule has 26 heavy (non-hydrogen) atoms. The van der Waals surface area contributed by atoms with Gasteiger partial charge in [-0.1, -0.05) is 30.3 Å². The zero-order chi connectivity index (χ0) is 18.3. The molecular weight excluding hydrogens is 322 g/mol. The van der Waals surface area contributed by atoms with E-state index in [-0.39, 0.29) is 0 Å². The molecule has 0 saturated carbocycles. The van der Waals surface area contributed by atoms with Crippen molar-refractivity contribution in [3.8, 4) is 6.07 Å². The Bertz CT molecular complexity index is 989. The molecule has 0 bridgehead atoms. The van der Waals surface area contributed by atoms with Crippen LogP contribution in [-0.4, -0.2) is 27.7 Å². The molecule has 3 aromatic rings. The second-order valence-corrected chi connectivity index (χ2v) is 7.25. The van der Waals surface area contributed by atoms with Gasteiger partial charge in [0.15, 0.2) is 5.65 Å². The molecule has 0 atom stereocenters. The Kier molecular flexibility index (Phi) is 3.91. The van der Waals surface area contributed by atoms with Crippen LogP contribution in [0.3, 0.4) is 0 Å². The Morgan fingerprint density at radius 3 is 2.42 bits per heavy atom. The summed E-state index contributed by atoms with van der Waals surface area (Å²) in [6, 6.07) is 14.9. The molecule has 0 unspecified atom stereocenters. The Morgan fingerprint density at radius 2 is 1.77 bits per heavy atom. The Balaban J connectivity index is 1.68. The molecule has 0 amide bonds. The van der Waals surface area contributed by atoms with Crippen molar-refractivity contribution in [2.75, 3.05) is 18.0 Å². The first-order valence-electron chi connectivity index (χ1n) is 9.09. The number of benzene rings is 1. The van der Waals surface area contributed by atoms with Crippen molar-refractivity contribution < 1.29 is 0 Å². The van der Waals surface area contributed by atoms with Gasteiger partial charge in [0.05, 0.1) is 17.2 Å². The van der Waals surface area contributed by atoms with Crippen molar-refractivity contribution in [2.24, 2.45) is 0 Å². The summed E-state index contributed by atoms with van der Waals surface area (Å²) in [6.07, 6.45) is 1.63. The number of nitriles is 1. The van der Waals surface area contributed by atoms with Gasteiger partial charge in [-0.15, -0.1) is 0 Å². The summed E-state index contributed by atoms with van der Waals surface area (Å²) >= 11 is 0. The van der Waals surface area contributed by atoms with E-state index in [0.29, 0.717) is 0 Å². The van der Waals surface area contributed by atoms with Crippen molar-refractivity contribution in [3.05, 3.63) is 58.9 Å². The highest BCUT2D eigenvalue weighted by Gasteiger charge is 2.37. The van der Waals surface area contributed by atoms with Crippen LogP contribution in [0.5, 0.6) is 0 Å². The molecule has 0 spiro atoms. The number of anilines is 1.